The lowest BCUT2D eigenvalue weighted by molar-refractivity contribution is -0.436. The van der Waals surface area contributed by atoms with E-state index < -0.39 is 0 Å². The Labute approximate surface area is 147 Å². The van der Waals surface area contributed by atoms with Gasteiger partial charge in [-0.15, -0.1) is 0 Å². The topological polar surface area (TPSA) is 32.1 Å². The molecule has 0 spiro atoms. The average molecular weight is 340 g/mol. The zero-order valence-electron chi connectivity index (χ0n) is 13.8. The lowest BCUT2D eigenvalue weighted by Gasteiger charge is -2.10. The Morgan fingerprint density at radius 2 is 1.79 bits per heavy atom. The summed E-state index contributed by atoms with van der Waals surface area (Å²) in [6, 6.07) is 13.8. The molecule has 2 aromatic carbocycles. The molecule has 0 radical (unpaired) electrons. The van der Waals surface area contributed by atoms with Crippen molar-refractivity contribution in [1.29, 1.82) is 0 Å². The van der Waals surface area contributed by atoms with Crippen molar-refractivity contribution in [3.05, 3.63) is 76.5 Å². The molecule has 1 aliphatic heterocycles. The van der Waals surface area contributed by atoms with Gasteiger partial charge in [0.05, 0.1) is 5.92 Å². The first kappa shape index (κ1) is 16.5. The summed E-state index contributed by atoms with van der Waals surface area (Å²) < 4.78 is 1.92. The van der Waals surface area contributed by atoms with Gasteiger partial charge in [-0.1, -0.05) is 41.9 Å². The van der Waals surface area contributed by atoms with Crippen molar-refractivity contribution in [1.82, 2.24) is 0 Å². The first-order valence-corrected chi connectivity index (χ1v) is 8.31. The maximum atomic E-state index is 12.3. The normalized spacial score (nSPS) is 16.1. The van der Waals surface area contributed by atoms with Gasteiger partial charge in [-0.05, 0) is 48.7 Å². The Morgan fingerprint density at radius 3 is 2.46 bits per heavy atom. The number of aryl methyl sites for hydroxylation is 2. The minimum atomic E-state index is -0.0231. The monoisotopic (exact) mass is 339 g/mol. The van der Waals surface area contributed by atoms with Crippen LogP contribution in [0.2, 0.25) is 5.02 Å². The molecule has 1 amide bonds. The molecule has 0 saturated heterocycles. The highest BCUT2D eigenvalue weighted by atomic mass is 35.5. The van der Waals surface area contributed by atoms with E-state index in [0.29, 0.717) is 6.54 Å². The maximum absolute atomic E-state index is 12.3. The summed E-state index contributed by atoms with van der Waals surface area (Å²) in [5.74, 6) is 0.153. The van der Waals surface area contributed by atoms with Gasteiger partial charge in [0.25, 0.3) is 5.91 Å². The number of anilines is 1. The molecule has 1 N–H and O–H groups in total. The summed E-state index contributed by atoms with van der Waals surface area (Å²) in [7, 11) is 0. The van der Waals surface area contributed by atoms with Gasteiger partial charge in [-0.25, -0.2) is 0 Å². The zero-order valence-corrected chi connectivity index (χ0v) is 14.5. The molecule has 122 valence electrons. The summed E-state index contributed by atoms with van der Waals surface area (Å²) in [5, 5.41) is 3.74. The van der Waals surface area contributed by atoms with Gasteiger partial charge in [-0.2, -0.15) is 4.58 Å². The predicted molar refractivity (Wildman–Crippen MR) is 99.1 cm³/mol. The van der Waals surface area contributed by atoms with E-state index in [1.807, 2.05) is 73.3 Å². The van der Waals surface area contributed by atoms with Gasteiger partial charge in [0.1, 0.15) is 0 Å². The van der Waals surface area contributed by atoms with Crippen LogP contribution in [0.3, 0.4) is 0 Å². The van der Waals surface area contributed by atoms with Gasteiger partial charge in [0, 0.05) is 10.7 Å². The third-order valence-corrected chi connectivity index (χ3v) is 4.42. The van der Waals surface area contributed by atoms with Crippen LogP contribution in [0, 0.1) is 13.8 Å². The van der Waals surface area contributed by atoms with Crippen LogP contribution in [0.1, 0.15) is 22.6 Å². The largest absolute Gasteiger partial charge is 0.320 e. The number of amides is 1. The van der Waals surface area contributed by atoms with Crippen LogP contribution in [0.4, 0.5) is 5.69 Å². The highest BCUT2D eigenvalue weighted by Gasteiger charge is 2.21. The van der Waals surface area contributed by atoms with Crippen LogP contribution in [0.25, 0.3) is 0 Å². The molecular weight excluding hydrogens is 320 g/mol. The van der Waals surface area contributed by atoms with Crippen LogP contribution in [0.5, 0.6) is 0 Å². The van der Waals surface area contributed by atoms with Gasteiger partial charge in [-0.3, -0.25) is 4.79 Å². The van der Waals surface area contributed by atoms with E-state index in [1.54, 1.807) is 0 Å². The highest BCUT2D eigenvalue weighted by molar-refractivity contribution is 6.30. The van der Waals surface area contributed by atoms with Gasteiger partial charge in [0.2, 0.25) is 6.54 Å². The van der Waals surface area contributed by atoms with Crippen molar-refractivity contribution in [2.24, 2.45) is 0 Å². The lowest BCUT2D eigenvalue weighted by atomic mass is 10.0. The van der Waals surface area contributed by atoms with E-state index in [0.717, 1.165) is 27.4 Å². The van der Waals surface area contributed by atoms with Gasteiger partial charge < -0.3 is 5.32 Å². The fourth-order valence-electron chi connectivity index (χ4n) is 2.85. The summed E-state index contributed by atoms with van der Waals surface area (Å²) in [4.78, 5) is 12.3. The SMILES string of the molecule is Cc1cccc(C)c1NC(=O)C[N+]1=CC(c2ccc(Cl)cc2)C=C1. The number of allylic oxidation sites excluding steroid dienone is 1. The van der Waals surface area contributed by atoms with Crippen molar-refractivity contribution in [2.45, 2.75) is 19.8 Å². The molecule has 4 heteroatoms. The number of para-hydroxylation sites is 1. The van der Waals surface area contributed by atoms with Gasteiger partial charge >= 0.3 is 0 Å². The number of hydrogen-bond donors (Lipinski definition) is 1. The number of nitrogens with one attached hydrogen (secondary N) is 1. The Kier molecular flexibility index (Phi) is 4.81. The molecule has 0 fully saturated rings. The fourth-order valence-corrected chi connectivity index (χ4v) is 2.98. The highest BCUT2D eigenvalue weighted by Crippen LogP contribution is 2.22. The summed E-state index contributed by atoms with van der Waals surface area (Å²) >= 11 is 5.93. The fraction of sp³-hybridized carbons (Fsp3) is 0.200. The first-order chi connectivity index (χ1) is 11.5. The molecule has 0 aliphatic carbocycles. The molecule has 3 rings (SSSR count). The number of carbonyl (C=O) groups is 1. The molecule has 0 aromatic heterocycles. The van der Waals surface area contributed by atoms with Crippen molar-refractivity contribution in [2.75, 3.05) is 11.9 Å². The van der Waals surface area contributed by atoms with E-state index in [9.17, 15) is 4.79 Å². The second-order valence-corrected chi connectivity index (χ2v) is 6.49. The number of carbonyl (C=O) groups excluding carboxylic acids is 1. The summed E-state index contributed by atoms with van der Waals surface area (Å²) in [5.41, 5.74) is 4.21. The third-order valence-electron chi connectivity index (χ3n) is 4.16. The molecule has 24 heavy (non-hydrogen) atoms. The maximum Gasteiger partial charge on any atom is 0.290 e. The standard InChI is InChI=1S/C20H19ClN2O/c1-14-4-3-5-15(2)20(14)22-19(24)13-23-11-10-17(12-23)16-6-8-18(21)9-7-16/h3-12,17H,13H2,1-2H3/p+1. The molecule has 1 heterocycles. The molecule has 2 aromatic rings. The second kappa shape index (κ2) is 7.02. The molecule has 1 aliphatic rings. The van der Waals surface area contributed by atoms with Crippen molar-refractivity contribution >= 4 is 29.4 Å². The van der Waals surface area contributed by atoms with Crippen LogP contribution >= 0.6 is 11.6 Å². The van der Waals surface area contributed by atoms with Gasteiger partial charge in [0.15, 0.2) is 12.4 Å². The van der Waals surface area contributed by atoms with E-state index in [4.69, 9.17) is 11.6 Å². The minimum absolute atomic E-state index is 0.0231. The lowest BCUT2D eigenvalue weighted by Crippen LogP contribution is -2.24. The molecule has 0 saturated carbocycles. The molecule has 1 unspecified atom stereocenters. The Balaban J connectivity index is 1.66. The molecule has 0 bridgehead atoms. The van der Waals surface area contributed by atoms with E-state index in [2.05, 4.69) is 11.4 Å². The number of benzene rings is 2. The Bertz CT molecular complexity index is 802. The quantitative estimate of drug-likeness (QED) is 0.828. The Hall–Kier alpha value is -2.39. The number of hydrogen-bond acceptors (Lipinski definition) is 1. The molecule has 1 atom stereocenters. The van der Waals surface area contributed by atoms with Crippen molar-refractivity contribution in [3.63, 3.8) is 0 Å². The van der Waals surface area contributed by atoms with Crippen molar-refractivity contribution < 1.29 is 9.37 Å². The van der Waals surface area contributed by atoms with Crippen LogP contribution in [-0.2, 0) is 4.79 Å². The average Bonchev–Trinajstić information content (AvgIpc) is 3.00. The molecular formula is C20H20ClN2O+. The number of nitrogens with zero attached hydrogens (tertiary/aromatic N) is 1. The third kappa shape index (κ3) is 3.74. The summed E-state index contributed by atoms with van der Waals surface area (Å²) in [6.07, 6.45) is 6.08. The zero-order chi connectivity index (χ0) is 17.1. The summed E-state index contributed by atoms with van der Waals surface area (Å²) in [6.45, 7) is 4.30. The predicted octanol–water partition coefficient (Wildman–Crippen LogP) is 4.29. The smallest absolute Gasteiger partial charge is 0.290 e. The number of halogens is 1. The van der Waals surface area contributed by atoms with Crippen molar-refractivity contribution in [3.8, 4) is 0 Å². The molecule has 3 nitrogen and oxygen atoms in total. The second-order valence-electron chi connectivity index (χ2n) is 6.06. The number of rotatable bonds is 4. The van der Waals surface area contributed by atoms with Crippen LogP contribution in [-0.4, -0.2) is 23.2 Å². The van der Waals surface area contributed by atoms with Crippen LogP contribution < -0.4 is 5.32 Å². The van der Waals surface area contributed by atoms with Crippen LogP contribution in [0.15, 0.2) is 54.7 Å². The van der Waals surface area contributed by atoms with E-state index in [-0.39, 0.29) is 11.8 Å². The Morgan fingerprint density at radius 1 is 1.12 bits per heavy atom. The first-order valence-electron chi connectivity index (χ1n) is 7.93. The van der Waals surface area contributed by atoms with E-state index >= 15 is 0 Å². The minimum Gasteiger partial charge on any atom is -0.320 e. The van der Waals surface area contributed by atoms with E-state index in [1.165, 1.54) is 0 Å².